The molecule has 1 aromatic heterocycles. The summed E-state index contributed by atoms with van der Waals surface area (Å²) in [4.78, 5) is 9.06. The maximum Gasteiger partial charge on any atom is 0.278 e. The molecule has 1 aliphatic heterocycles. The monoisotopic (exact) mass is 273 g/mol. The van der Waals surface area contributed by atoms with Gasteiger partial charge in [0.05, 0.1) is 17.6 Å². The largest absolute Gasteiger partial charge is 0.474 e. The molecule has 1 aromatic carbocycles. The number of nitrogens with zero attached hydrogens (tertiary/aromatic N) is 2. The number of para-hydroxylation sites is 2. The molecule has 2 heterocycles. The minimum absolute atomic E-state index is 0.186. The number of hydrogen-bond acceptors (Lipinski definition) is 5. The second kappa shape index (κ2) is 6.05. The first kappa shape index (κ1) is 13.1. The van der Waals surface area contributed by atoms with E-state index in [9.17, 15) is 0 Å². The van der Waals surface area contributed by atoms with Crippen molar-refractivity contribution in [3.63, 3.8) is 0 Å². The van der Waals surface area contributed by atoms with Gasteiger partial charge in [-0.3, -0.25) is 0 Å². The van der Waals surface area contributed by atoms with Crippen LogP contribution >= 0.6 is 0 Å². The van der Waals surface area contributed by atoms with Gasteiger partial charge in [0.1, 0.15) is 6.10 Å². The molecule has 0 bridgehead atoms. The van der Waals surface area contributed by atoms with E-state index in [1.807, 2.05) is 31.2 Å². The van der Waals surface area contributed by atoms with Crippen LogP contribution in [-0.2, 0) is 0 Å². The first-order valence-electron chi connectivity index (χ1n) is 7.14. The van der Waals surface area contributed by atoms with Crippen LogP contribution in [0.3, 0.4) is 0 Å². The standard InChI is InChI=1S/C15H19N3O2/c1-2-19-14-15(20-11-7-9-16-10-8-11)18-13-6-4-3-5-12(13)17-14/h3-6,11,16H,2,7-10H2,1H3. The first-order valence-corrected chi connectivity index (χ1v) is 7.14. The average Bonchev–Trinajstić information content (AvgIpc) is 2.49. The fourth-order valence-corrected chi connectivity index (χ4v) is 2.35. The maximum absolute atomic E-state index is 6.01. The Morgan fingerprint density at radius 3 is 2.40 bits per heavy atom. The summed E-state index contributed by atoms with van der Waals surface area (Å²) in [5, 5.41) is 3.32. The predicted molar refractivity (Wildman–Crippen MR) is 77.2 cm³/mol. The Balaban J connectivity index is 1.91. The first-order chi connectivity index (χ1) is 9.86. The van der Waals surface area contributed by atoms with Crippen LogP contribution in [0.4, 0.5) is 0 Å². The van der Waals surface area contributed by atoms with Crippen LogP contribution in [-0.4, -0.2) is 35.8 Å². The highest BCUT2D eigenvalue weighted by molar-refractivity contribution is 5.75. The SMILES string of the molecule is CCOc1nc2ccccc2nc1OC1CCNCC1. The molecule has 0 radical (unpaired) electrons. The number of fused-ring (bicyclic) bond motifs is 1. The normalized spacial score (nSPS) is 16.2. The van der Waals surface area contributed by atoms with Crippen LogP contribution in [0.15, 0.2) is 24.3 Å². The van der Waals surface area contributed by atoms with Crippen molar-refractivity contribution in [1.82, 2.24) is 15.3 Å². The van der Waals surface area contributed by atoms with Crippen molar-refractivity contribution in [3.05, 3.63) is 24.3 Å². The van der Waals surface area contributed by atoms with Crippen molar-refractivity contribution in [3.8, 4) is 11.8 Å². The van der Waals surface area contributed by atoms with Crippen molar-refractivity contribution >= 4 is 11.0 Å². The van der Waals surface area contributed by atoms with Crippen LogP contribution in [0, 0.1) is 0 Å². The van der Waals surface area contributed by atoms with E-state index in [-0.39, 0.29) is 6.10 Å². The molecule has 20 heavy (non-hydrogen) atoms. The summed E-state index contributed by atoms with van der Waals surface area (Å²) in [6.07, 6.45) is 2.16. The molecular weight excluding hydrogens is 254 g/mol. The van der Waals surface area contributed by atoms with Gasteiger partial charge in [-0.1, -0.05) is 12.1 Å². The summed E-state index contributed by atoms with van der Waals surface area (Å²) >= 11 is 0. The number of piperidine rings is 1. The molecule has 1 aliphatic rings. The maximum atomic E-state index is 6.01. The third-order valence-corrected chi connectivity index (χ3v) is 3.35. The fourth-order valence-electron chi connectivity index (χ4n) is 2.35. The van der Waals surface area contributed by atoms with Gasteiger partial charge in [-0.15, -0.1) is 0 Å². The number of benzene rings is 1. The van der Waals surface area contributed by atoms with Crippen LogP contribution in [0.5, 0.6) is 11.8 Å². The molecule has 106 valence electrons. The lowest BCUT2D eigenvalue weighted by molar-refractivity contribution is 0.146. The highest BCUT2D eigenvalue weighted by Crippen LogP contribution is 2.27. The van der Waals surface area contributed by atoms with E-state index >= 15 is 0 Å². The van der Waals surface area contributed by atoms with Crippen molar-refractivity contribution in [2.75, 3.05) is 19.7 Å². The number of nitrogens with one attached hydrogen (secondary N) is 1. The second-order valence-corrected chi connectivity index (χ2v) is 4.82. The van der Waals surface area contributed by atoms with Gasteiger partial charge in [-0.25, -0.2) is 9.97 Å². The highest BCUT2D eigenvalue weighted by atomic mass is 16.5. The van der Waals surface area contributed by atoms with Gasteiger partial charge in [0.15, 0.2) is 0 Å². The molecule has 2 aromatic rings. The minimum Gasteiger partial charge on any atom is -0.474 e. The zero-order valence-electron chi connectivity index (χ0n) is 11.6. The van der Waals surface area contributed by atoms with E-state index < -0.39 is 0 Å². The Kier molecular flexibility index (Phi) is 3.97. The molecule has 0 spiro atoms. The molecule has 0 atom stereocenters. The van der Waals surface area contributed by atoms with Crippen LogP contribution < -0.4 is 14.8 Å². The van der Waals surface area contributed by atoms with Gasteiger partial charge in [0.25, 0.3) is 11.8 Å². The van der Waals surface area contributed by atoms with Gasteiger partial charge in [-0.2, -0.15) is 0 Å². The number of hydrogen-bond donors (Lipinski definition) is 1. The van der Waals surface area contributed by atoms with E-state index in [1.165, 1.54) is 0 Å². The van der Waals surface area contributed by atoms with Gasteiger partial charge < -0.3 is 14.8 Å². The topological polar surface area (TPSA) is 56.3 Å². The number of aromatic nitrogens is 2. The van der Waals surface area contributed by atoms with Gasteiger partial charge in [0.2, 0.25) is 0 Å². The molecule has 0 aliphatic carbocycles. The molecule has 5 heteroatoms. The van der Waals surface area contributed by atoms with Crippen LogP contribution in [0.1, 0.15) is 19.8 Å². The summed E-state index contributed by atoms with van der Waals surface area (Å²) in [6, 6.07) is 7.76. The summed E-state index contributed by atoms with van der Waals surface area (Å²) < 4.78 is 11.6. The molecule has 3 rings (SSSR count). The Morgan fingerprint density at radius 1 is 1.10 bits per heavy atom. The van der Waals surface area contributed by atoms with Crippen molar-refractivity contribution < 1.29 is 9.47 Å². The fraction of sp³-hybridized carbons (Fsp3) is 0.467. The van der Waals surface area contributed by atoms with Gasteiger partial charge in [-0.05, 0) is 45.0 Å². The Labute approximate surface area is 118 Å². The van der Waals surface area contributed by atoms with E-state index in [0.29, 0.717) is 18.4 Å². The number of rotatable bonds is 4. The third-order valence-electron chi connectivity index (χ3n) is 3.35. The van der Waals surface area contributed by atoms with Gasteiger partial charge >= 0.3 is 0 Å². The summed E-state index contributed by atoms with van der Waals surface area (Å²) in [7, 11) is 0. The van der Waals surface area contributed by atoms with Crippen molar-refractivity contribution in [2.45, 2.75) is 25.9 Å². The summed E-state index contributed by atoms with van der Waals surface area (Å²) in [5.74, 6) is 1.00. The zero-order valence-corrected chi connectivity index (χ0v) is 11.6. The molecular formula is C15H19N3O2. The van der Waals surface area contributed by atoms with E-state index in [4.69, 9.17) is 9.47 Å². The summed E-state index contributed by atoms with van der Waals surface area (Å²) in [5.41, 5.74) is 1.66. The van der Waals surface area contributed by atoms with Crippen molar-refractivity contribution in [1.29, 1.82) is 0 Å². The minimum atomic E-state index is 0.186. The lowest BCUT2D eigenvalue weighted by atomic mass is 10.1. The quantitative estimate of drug-likeness (QED) is 0.925. The smallest absolute Gasteiger partial charge is 0.278 e. The Bertz CT molecular complexity index is 582. The highest BCUT2D eigenvalue weighted by Gasteiger charge is 2.19. The van der Waals surface area contributed by atoms with Crippen molar-refractivity contribution in [2.24, 2.45) is 0 Å². The molecule has 0 amide bonds. The second-order valence-electron chi connectivity index (χ2n) is 4.82. The summed E-state index contributed by atoms with van der Waals surface area (Å²) in [6.45, 7) is 4.45. The van der Waals surface area contributed by atoms with E-state index in [0.717, 1.165) is 37.0 Å². The average molecular weight is 273 g/mol. The molecule has 5 nitrogen and oxygen atoms in total. The van der Waals surface area contributed by atoms with Crippen LogP contribution in [0.25, 0.3) is 11.0 Å². The third kappa shape index (κ3) is 2.82. The lowest BCUT2D eigenvalue weighted by Crippen LogP contribution is -2.34. The predicted octanol–water partition coefficient (Wildman–Crippen LogP) is 2.16. The number of ether oxygens (including phenoxy) is 2. The van der Waals surface area contributed by atoms with E-state index in [2.05, 4.69) is 15.3 Å². The zero-order chi connectivity index (χ0) is 13.8. The molecule has 1 N–H and O–H groups in total. The molecule has 0 saturated carbocycles. The molecule has 0 unspecified atom stereocenters. The van der Waals surface area contributed by atoms with E-state index in [1.54, 1.807) is 0 Å². The van der Waals surface area contributed by atoms with Gasteiger partial charge in [0, 0.05) is 0 Å². The Morgan fingerprint density at radius 2 is 1.75 bits per heavy atom. The van der Waals surface area contributed by atoms with Crippen LogP contribution in [0.2, 0.25) is 0 Å². The Hall–Kier alpha value is -1.88. The molecule has 1 saturated heterocycles. The lowest BCUT2D eigenvalue weighted by Gasteiger charge is -2.23. The molecule has 1 fully saturated rings.